The second-order valence-corrected chi connectivity index (χ2v) is 7.08. The molecule has 2 amide bonds. The largest absolute Gasteiger partial charge is 0.328 e. The Labute approximate surface area is 162 Å². The third kappa shape index (κ3) is 3.07. The molecule has 0 bridgehead atoms. The Kier molecular flexibility index (Phi) is 4.47. The minimum Gasteiger partial charge on any atom is -0.295 e. The SMILES string of the molecule is Cn1c(=O)n(C)c2cc(/C=C3\CC(=O)N(CCc4ccccc4)C3=O)ccc21. The highest BCUT2D eigenvalue weighted by atomic mass is 16.2. The highest BCUT2D eigenvalue weighted by Crippen LogP contribution is 2.23. The second-order valence-electron chi connectivity index (χ2n) is 7.08. The molecule has 1 aromatic heterocycles. The first kappa shape index (κ1) is 18.0. The molecule has 6 heteroatoms. The number of aryl methyl sites for hydroxylation is 2. The van der Waals surface area contributed by atoms with Crippen molar-refractivity contribution in [3.8, 4) is 0 Å². The summed E-state index contributed by atoms with van der Waals surface area (Å²) in [6.07, 6.45) is 2.50. The van der Waals surface area contributed by atoms with Gasteiger partial charge in [0.05, 0.1) is 17.5 Å². The van der Waals surface area contributed by atoms with Crippen molar-refractivity contribution in [3.63, 3.8) is 0 Å². The number of hydrogen-bond acceptors (Lipinski definition) is 3. The van der Waals surface area contributed by atoms with Crippen molar-refractivity contribution in [3.05, 3.63) is 75.7 Å². The molecule has 0 unspecified atom stereocenters. The number of hydrogen-bond donors (Lipinski definition) is 0. The van der Waals surface area contributed by atoms with Gasteiger partial charge in [0.1, 0.15) is 0 Å². The van der Waals surface area contributed by atoms with Gasteiger partial charge < -0.3 is 0 Å². The normalized spacial score (nSPS) is 15.9. The average Bonchev–Trinajstić information content (AvgIpc) is 3.09. The van der Waals surface area contributed by atoms with Crippen LogP contribution in [0.4, 0.5) is 0 Å². The molecule has 1 aliphatic heterocycles. The Morgan fingerprint density at radius 3 is 2.39 bits per heavy atom. The monoisotopic (exact) mass is 375 g/mol. The number of amides is 2. The summed E-state index contributed by atoms with van der Waals surface area (Å²) in [4.78, 5) is 38.4. The van der Waals surface area contributed by atoms with Crippen molar-refractivity contribution >= 4 is 28.9 Å². The standard InChI is InChI=1S/C22H21N3O3/c1-23-18-9-8-16(13-19(18)24(2)22(23)28)12-17-14-20(26)25(21(17)27)11-10-15-6-4-3-5-7-15/h3-9,12-13H,10-11,14H2,1-2H3/b17-12+. The van der Waals surface area contributed by atoms with Crippen molar-refractivity contribution in [1.82, 2.24) is 14.0 Å². The van der Waals surface area contributed by atoms with Gasteiger partial charge in [-0.2, -0.15) is 0 Å². The lowest BCUT2D eigenvalue weighted by atomic mass is 10.1. The van der Waals surface area contributed by atoms with Gasteiger partial charge >= 0.3 is 5.69 Å². The number of fused-ring (bicyclic) bond motifs is 1. The zero-order chi connectivity index (χ0) is 19.8. The Morgan fingerprint density at radius 1 is 0.929 bits per heavy atom. The highest BCUT2D eigenvalue weighted by molar-refractivity contribution is 6.15. The predicted octanol–water partition coefficient (Wildman–Crippen LogP) is 2.26. The van der Waals surface area contributed by atoms with Crippen LogP contribution in [0.2, 0.25) is 0 Å². The smallest absolute Gasteiger partial charge is 0.295 e. The maximum Gasteiger partial charge on any atom is 0.328 e. The van der Waals surface area contributed by atoms with E-state index in [0.717, 1.165) is 22.2 Å². The number of aromatic nitrogens is 2. The van der Waals surface area contributed by atoms with Gasteiger partial charge in [0.2, 0.25) is 5.91 Å². The molecule has 0 spiro atoms. The van der Waals surface area contributed by atoms with Gasteiger partial charge in [0, 0.05) is 26.2 Å². The van der Waals surface area contributed by atoms with Crippen LogP contribution in [0, 0.1) is 0 Å². The van der Waals surface area contributed by atoms with Crippen LogP contribution in [-0.2, 0) is 30.1 Å². The fourth-order valence-corrected chi connectivity index (χ4v) is 3.66. The topological polar surface area (TPSA) is 64.3 Å². The molecular weight excluding hydrogens is 354 g/mol. The summed E-state index contributed by atoms with van der Waals surface area (Å²) in [5, 5.41) is 0. The van der Waals surface area contributed by atoms with Crippen LogP contribution in [0.3, 0.4) is 0 Å². The highest BCUT2D eigenvalue weighted by Gasteiger charge is 2.33. The van der Waals surface area contributed by atoms with Gasteiger partial charge in [0.15, 0.2) is 0 Å². The van der Waals surface area contributed by atoms with E-state index in [4.69, 9.17) is 0 Å². The zero-order valence-electron chi connectivity index (χ0n) is 15.9. The number of imide groups is 1. The Bertz CT molecular complexity index is 1170. The lowest BCUT2D eigenvalue weighted by Crippen LogP contribution is -2.31. The number of carbonyl (C=O) groups excluding carboxylic acids is 2. The number of rotatable bonds is 4. The molecule has 0 saturated carbocycles. The van der Waals surface area contributed by atoms with Crippen LogP contribution in [0.1, 0.15) is 17.5 Å². The van der Waals surface area contributed by atoms with E-state index in [9.17, 15) is 14.4 Å². The minimum atomic E-state index is -0.233. The second kappa shape index (κ2) is 6.96. The fourth-order valence-electron chi connectivity index (χ4n) is 3.66. The number of benzene rings is 2. The van der Waals surface area contributed by atoms with Crippen LogP contribution >= 0.6 is 0 Å². The van der Waals surface area contributed by atoms with Crippen LogP contribution in [0.25, 0.3) is 17.1 Å². The van der Waals surface area contributed by atoms with Crippen LogP contribution in [0.5, 0.6) is 0 Å². The number of carbonyl (C=O) groups is 2. The van der Waals surface area contributed by atoms with Gasteiger partial charge in [-0.1, -0.05) is 36.4 Å². The third-order valence-corrected chi connectivity index (χ3v) is 5.27. The molecule has 0 atom stereocenters. The van der Waals surface area contributed by atoms with Crippen molar-refractivity contribution in [2.75, 3.05) is 6.54 Å². The molecular formula is C22H21N3O3. The van der Waals surface area contributed by atoms with E-state index in [0.29, 0.717) is 18.5 Å². The molecule has 1 fully saturated rings. The van der Waals surface area contributed by atoms with Gasteiger partial charge in [-0.05, 0) is 35.8 Å². The summed E-state index contributed by atoms with van der Waals surface area (Å²) in [6, 6.07) is 15.4. The van der Waals surface area contributed by atoms with E-state index in [1.807, 2.05) is 48.5 Å². The molecule has 2 aromatic carbocycles. The summed E-state index contributed by atoms with van der Waals surface area (Å²) in [5.41, 5.74) is 3.90. The average molecular weight is 375 g/mol. The molecule has 2 heterocycles. The fraction of sp³-hybridized carbons (Fsp3) is 0.227. The Morgan fingerprint density at radius 2 is 1.64 bits per heavy atom. The van der Waals surface area contributed by atoms with E-state index < -0.39 is 0 Å². The molecule has 28 heavy (non-hydrogen) atoms. The van der Waals surface area contributed by atoms with Gasteiger partial charge in [-0.3, -0.25) is 23.6 Å². The third-order valence-electron chi connectivity index (χ3n) is 5.27. The number of nitrogens with zero attached hydrogens (tertiary/aromatic N) is 3. The van der Waals surface area contributed by atoms with E-state index in [1.54, 1.807) is 29.3 Å². The van der Waals surface area contributed by atoms with Crippen LogP contribution in [-0.4, -0.2) is 32.4 Å². The molecule has 0 radical (unpaired) electrons. The van der Waals surface area contributed by atoms with Crippen molar-refractivity contribution in [2.45, 2.75) is 12.8 Å². The lowest BCUT2D eigenvalue weighted by Gasteiger charge is -2.13. The first-order valence-electron chi connectivity index (χ1n) is 9.20. The van der Waals surface area contributed by atoms with E-state index in [1.165, 1.54) is 4.90 Å². The van der Waals surface area contributed by atoms with Crippen molar-refractivity contribution in [1.29, 1.82) is 0 Å². The summed E-state index contributed by atoms with van der Waals surface area (Å²) < 4.78 is 3.16. The number of likely N-dealkylation sites (tertiary alicyclic amines) is 1. The summed E-state index contributed by atoms with van der Waals surface area (Å²) in [7, 11) is 3.45. The molecule has 3 aromatic rings. The van der Waals surface area contributed by atoms with Gasteiger partial charge in [0.25, 0.3) is 5.91 Å². The molecule has 6 nitrogen and oxygen atoms in total. The molecule has 1 saturated heterocycles. The van der Waals surface area contributed by atoms with Crippen molar-refractivity contribution in [2.24, 2.45) is 14.1 Å². The summed E-state index contributed by atoms with van der Waals surface area (Å²) >= 11 is 0. The predicted molar refractivity (Wildman–Crippen MR) is 108 cm³/mol. The maximum atomic E-state index is 12.7. The molecule has 1 aliphatic rings. The maximum absolute atomic E-state index is 12.7. The first-order chi connectivity index (χ1) is 13.5. The van der Waals surface area contributed by atoms with E-state index in [2.05, 4.69) is 0 Å². The Hall–Kier alpha value is -3.41. The van der Waals surface area contributed by atoms with E-state index in [-0.39, 0.29) is 23.9 Å². The first-order valence-corrected chi connectivity index (χ1v) is 9.20. The number of imidazole rings is 1. The van der Waals surface area contributed by atoms with Gasteiger partial charge in [-0.25, -0.2) is 4.79 Å². The van der Waals surface area contributed by atoms with E-state index >= 15 is 0 Å². The zero-order valence-corrected chi connectivity index (χ0v) is 15.9. The lowest BCUT2D eigenvalue weighted by molar-refractivity contribution is -0.137. The van der Waals surface area contributed by atoms with Crippen LogP contribution in [0.15, 0.2) is 58.9 Å². The molecule has 0 N–H and O–H groups in total. The van der Waals surface area contributed by atoms with Crippen LogP contribution < -0.4 is 5.69 Å². The minimum absolute atomic E-state index is 0.0981. The quantitative estimate of drug-likeness (QED) is 0.519. The molecule has 142 valence electrons. The Balaban J connectivity index is 1.57. The van der Waals surface area contributed by atoms with Crippen molar-refractivity contribution < 1.29 is 9.59 Å². The molecule has 0 aliphatic carbocycles. The molecule has 4 rings (SSSR count). The van der Waals surface area contributed by atoms with Gasteiger partial charge in [-0.15, -0.1) is 0 Å². The summed E-state index contributed by atoms with van der Waals surface area (Å²) in [6.45, 7) is 0.380. The summed E-state index contributed by atoms with van der Waals surface area (Å²) in [5.74, 6) is -0.400.